The summed E-state index contributed by atoms with van der Waals surface area (Å²) in [4.78, 5) is 12.2. The molecule has 0 saturated heterocycles. The van der Waals surface area contributed by atoms with Crippen LogP contribution in [0.1, 0.15) is 29.8 Å². The van der Waals surface area contributed by atoms with Crippen LogP contribution < -0.4 is 11.1 Å². The number of carbonyl (C=O) groups excluding carboxylic acids is 1. The molecule has 0 bridgehead atoms. The second kappa shape index (κ2) is 4.96. The second-order valence-electron chi connectivity index (χ2n) is 5.13. The van der Waals surface area contributed by atoms with Crippen LogP contribution in [0.3, 0.4) is 0 Å². The summed E-state index contributed by atoms with van der Waals surface area (Å²) >= 11 is 0. The lowest BCUT2D eigenvalue weighted by Gasteiger charge is -2.27. The van der Waals surface area contributed by atoms with Crippen molar-refractivity contribution in [1.82, 2.24) is 15.1 Å². The average Bonchev–Trinajstić information content (AvgIpc) is 2.70. The van der Waals surface area contributed by atoms with Crippen molar-refractivity contribution >= 4 is 11.7 Å². The lowest BCUT2D eigenvalue weighted by molar-refractivity contribution is 0.0911. The standard InChI is InChI=1S/C14H17FN4O/c1-14(2,10-6-4-5-7-11(10)15)18-13(20)9-8-17-19(3)12(9)16/h4-8H,16H2,1-3H3,(H,18,20). The molecule has 2 aromatic rings. The fourth-order valence-corrected chi connectivity index (χ4v) is 2.01. The monoisotopic (exact) mass is 276 g/mol. The zero-order valence-corrected chi connectivity index (χ0v) is 11.6. The predicted molar refractivity (Wildman–Crippen MR) is 74.5 cm³/mol. The molecule has 0 radical (unpaired) electrons. The van der Waals surface area contributed by atoms with Crippen LogP contribution in [0.15, 0.2) is 30.5 Å². The van der Waals surface area contributed by atoms with Crippen molar-refractivity contribution in [2.75, 3.05) is 5.73 Å². The van der Waals surface area contributed by atoms with E-state index in [2.05, 4.69) is 10.4 Å². The first-order valence-corrected chi connectivity index (χ1v) is 6.18. The van der Waals surface area contributed by atoms with Gasteiger partial charge >= 0.3 is 0 Å². The third-order valence-corrected chi connectivity index (χ3v) is 3.20. The summed E-state index contributed by atoms with van der Waals surface area (Å²) in [5, 5.41) is 6.69. The van der Waals surface area contributed by atoms with E-state index >= 15 is 0 Å². The average molecular weight is 276 g/mol. The van der Waals surface area contributed by atoms with E-state index in [1.165, 1.54) is 16.9 Å². The molecular weight excluding hydrogens is 259 g/mol. The third-order valence-electron chi connectivity index (χ3n) is 3.20. The summed E-state index contributed by atoms with van der Waals surface area (Å²) < 4.78 is 15.2. The Morgan fingerprint density at radius 3 is 2.60 bits per heavy atom. The number of nitrogens with zero attached hydrogens (tertiary/aromatic N) is 2. The van der Waals surface area contributed by atoms with Crippen LogP contribution >= 0.6 is 0 Å². The highest BCUT2D eigenvalue weighted by molar-refractivity contribution is 5.98. The van der Waals surface area contributed by atoms with Crippen molar-refractivity contribution in [2.24, 2.45) is 7.05 Å². The molecule has 0 aliphatic rings. The van der Waals surface area contributed by atoms with E-state index in [-0.39, 0.29) is 23.1 Å². The van der Waals surface area contributed by atoms with Gasteiger partial charge in [-0.05, 0) is 19.9 Å². The number of nitrogen functional groups attached to an aromatic ring is 1. The molecule has 1 aromatic heterocycles. The first kappa shape index (κ1) is 14.0. The number of benzene rings is 1. The molecule has 20 heavy (non-hydrogen) atoms. The number of halogens is 1. The van der Waals surface area contributed by atoms with Gasteiger partial charge in [0, 0.05) is 12.6 Å². The van der Waals surface area contributed by atoms with Gasteiger partial charge in [-0.3, -0.25) is 9.48 Å². The quantitative estimate of drug-likeness (QED) is 0.898. The Morgan fingerprint density at radius 1 is 1.40 bits per heavy atom. The van der Waals surface area contributed by atoms with E-state index in [4.69, 9.17) is 5.73 Å². The van der Waals surface area contributed by atoms with Gasteiger partial charge in [-0.1, -0.05) is 18.2 Å². The predicted octanol–water partition coefficient (Wildman–Crippen LogP) is 1.81. The van der Waals surface area contributed by atoms with Gasteiger partial charge in [0.25, 0.3) is 5.91 Å². The number of hydrogen-bond donors (Lipinski definition) is 2. The van der Waals surface area contributed by atoms with Crippen molar-refractivity contribution < 1.29 is 9.18 Å². The normalized spacial score (nSPS) is 11.4. The highest BCUT2D eigenvalue weighted by atomic mass is 19.1. The molecule has 5 nitrogen and oxygen atoms in total. The largest absolute Gasteiger partial charge is 0.383 e. The Hall–Kier alpha value is -2.37. The summed E-state index contributed by atoms with van der Waals surface area (Å²) in [6.45, 7) is 3.46. The summed E-state index contributed by atoms with van der Waals surface area (Å²) in [6, 6.07) is 6.34. The minimum absolute atomic E-state index is 0.270. The molecule has 1 aromatic carbocycles. The number of aryl methyl sites for hydroxylation is 1. The SMILES string of the molecule is Cn1ncc(C(=O)NC(C)(C)c2ccccc2F)c1N. The van der Waals surface area contributed by atoms with Crippen LogP contribution in [0.5, 0.6) is 0 Å². The van der Waals surface area contributed by atoms with Crippen LogP contribution in [0.25, 0.3) is 0 Å². The minimum Gasteiger partial charge on any atom is -0.383 e. The Kier molecular flexibility index (Phi) is 3.48. The van der Waals surface area contributed by atoms with Crippen molar-refractivity contribution in [3.63, 3.8) is 0 Å². The van der Waals surface area contributed by atoms with Gasteiger partial charge in [0.05, 0.1) is 11.7 Å². The Labute approximate surface area is 116 Å². The minimum atomic E-state index is -0.856. The molecule has 0 fully saturated rings. The van der Waals surface area contributed by atoms with E-state index in [0.29, 0.717) is 5.56 Å². The Morgan fingerprint density at radius 2 is 2.05 bits per heavy atom. The number of rotatable bonds is 3. The molecule has 0 atom stereocenters. The van der Waals surface area contributed by atoms with Crippen molar-refractivity contribution in [1.29, 1.82) is 0 Å². The van der Waals surface area contributed by atoms with Gasteiger partial charge in [0.1, 0.15) is 17.2 Å². The molecule has 0 aliphatic carbocycles. The van der Waals surface area contributed by atoms with Gasteiger partial charge in [-0.25, -0.2) is 4.39 Å². The zero-order valence-electron chi connectivity index (χ0n) is 11.6. The number of nitrogens with two attached hydrogens (primary N) is 1. The van der Waals surface area contributed by atoms with E-state index in [1.54, 1.807) is 39.1 Å². The summed E-state index contributed by atoms with van der Waals surface area (Å²) in [7, 11) is 1.65. The van der Waals surface area contributed by atoms with Gasteiger partial charge < -0.3 is 11.1 Å². The molecule has 1 heterocycles. The molecular formula is C14H17FN4O. The first-order valence-electron chi connectivity index (χ1n) is 6.18. The van der Waals surface area contributed by atoms with Crippen LogP contribution in [-0.2, 0) is 12.6 Å². The highest BCUT2D eigenvalue weighted by Gasteiger charge is 2.27. The molecule has 2 rings (SSSR count). The van der Waals surface area contributed by atoms with Crippen LogP contribution in [-0.4, -0.2) is 15.7 Å². The van der Waals surface area contributed by atoms with E-state index in [9.17, 15) is 9.18 Å². The lowest BCUT2D eigenvalue weighted by Crippen LogP contribution is -2.41. The van der Waals surface area contributed by atoms with Crippen LogP contribution in [0.4, 0.5) is 10.2 Å². The number of carbonyl (C=O) groups is 1. The summed E-state index contributed by atoms with van der Waals surface area (Å²) in [5.74, 6) is -0.479. The number of hydrogen-bond acceptors (Lipinski definition) is 3. The van der Waals surface area contributed by atoms with Crippen molar-refractivity contribution in [3.8, 4) is 0 Å². The fourth-order valence-electron chi connectivity index (χ4n) is 2.01. The number of aromatic nitrogens is 2. The number of anilines is 1. The van der Waals surface area contributed by atoms with E-state index in [1.807, 2.05) is 0 Å². The van der Waals surface area contributed by atoms with Crippen molar-refractivity contribution in [2.45, 2.75) is 19.4 Å². The van der Waals surface area contributed by atoms with Gasteiger partial charge in [-0.15, -0.1) is 0 Å². The molecule has 0 saturated carbocycles. The van der Waals surface area contributed by atoms with Gasteiger partial charge in [-0.2, -0.15) is 5.10 Å². The van der Waals surface area contributed by atoms with Gasteiger partial charge in [0.2, 0.25) is 0 Å². The first-order chi connectivity index (χ1) is 9.33. The van der Waals surface area contributed by atoms with E-state index < -0.39 is 5.54 Å². The molecule has 3 N–H and O–H groups in total. The molecule has 1 amide bonds. The lowest BCUT2D eigenvalue weighted by atomic mass is 9.93. The maximum absolute atomic E-state index is 13.8. The topological polar surface area (TPSA) is 72.9 Å². The number of nitrogens with one attached hydrogen (secondary N) is 1. The van der Waals surface area contributed by atoms with E-state index in [0.717, 1.165) is 0 Å². The zero-order chi connectivity index (χ0) is 14.9. The molecule has 6 heteroatoms. The van der Waals surface area contributed by atoms with Crippen LogP contribution in [0.2, 0.25) is 0 Å². The van der Waals surface area contributed by atoms with Gasteiger partial charge in [0.15, 0.2) is 0 Å². The fraction of sp³-hybridized carbons (Fsp3) is 0.286. The number of amides is 1. The highest BCUT2D eigenvalue weighted by Crippen LogP contribution is 2.23. The Bertz CT molecular complexity index is 648. The Balaban J connectivity index is 2.27. The second-order valence-corrected chi connectivity index (χ2v) is 5.13. The maximum atomic E-state index is 13.8. The smallest absolute Gasteiger partial charge is 0.257 e. The molecule has 0 spiro atoms. The summed E-state index contributed by atoms with van der Waals surface area (Å²) in [6.07, 6.45) is 1.39. The third kappa shape index (κ3) is 2.49. The molecule has 0 aliphatic heterocycles. The van der Waals surface area contributed by atoms with Crippen LogP contribution in [0, 0.1) is 5.82 Å². The summed E-state index contributed by atoms with van der Waals surface area (Å²) in [5.41, 5.74) is 5.59. The maximum Gasteiger partial charge on any atom is 0.257 e. The molecule has 106 valence electrons. The molecule has 0 unspecified atom stereocenters. The van der Waals surface area contributed by atoms with Crippen molar-refractivity contribution in [3.05, 3.63) is 47.4 Å².